The Morgan fingerprint density at radius 3 is 2.62 bits per heavy atom. The maximum atomic E-state index is 14.3. The first-order valence-corrected chi connectivity index (χ1v) is 9.89. The Kier molecular flexibility index (Phi) is 6.38. The van der Waals surface area contributed by atoms with Crippen LogP contribution in [0.2, 0.25) is 0 Å². The van der Waals surface area contributed by atoms with Gasteiger partial charge in [-0.3, -0.25) is 9.88 Å². The van der Waals surface area contributed by atoms with Gasteiger partial charge in [0.15, 0.2) is 5.82 Å². The molecule has 1 aliphatic heterocycles. The molecule has 1 aromatic carbocycles. The molecule has 29 heavy (non-hydrogen) atoms. The summed E-state index contributed by atoms with van der Waals surface area (Å²) < 4.78 is 19.7. The highest BCUT2D eigenvalue weighted by atomic mass is 19.1. The number of morpholine rings is 1. The average Bonchev–Trinajstić information content (AvgIpc) is 2.78. The van der Waals surface area contributed by atoms with Crippen LogP contribution in [0.1, 0.15) is 6.42 Å². The molecule has 150 valence electrons. The predicted molar refractivity (Wildman–Crippen MR) is 111 cm³/mol. The highest BCUT2D eigenvalue weighted by Gasteiger charge is 2.13. The number of aromatic nitrogens is 3. The largest absolute Gasteiger partial charge is 0.379 e. The fraction of sp³-hybridized carbons (Fsp3) is 0.318. The van der Waals surface area contributed by atoms with Gasteiger partial charge < -0.3 is 10.1 Å². The first-order valence-electron chi connectivity index (χ1n) is 9.89. The van der Waals surface area contributed by atoms with Crippen LogP contribution in [-0.4, -0.2) is 59.2 Å². The van der Waals surface area contributed by atoms with Crippen molar-refractivity contribution in [2.75, 3.05) is 44.7 Å². The van der Waals surface area contributed by atoms with Crippen LogP contribution >= 0.6 is 0 Å². The molecule has 0 spiro atoms. The predicted octanol–water partition coefficient (Wildman–Crippen LogP) is 3.48. The molecule has 1 aliphatic rings. The Morgan fingerprint density at radius 1 is 1.00 bits per heavy atom. The topological polar surface area (TPSA) is 63.2 Å². The lowest BCUT2D eigenvalue weighted by molar-refractivity contribution is 0.0378. The highest BCUT2D eigenvalue weighted by molar-refractivity contribution is 5.66. The number of halogens is 1. The summed E-state index contributed by atoms with van der Waals surface area (Å²) in [5.41, 5.74) is 1.64. The van der Waals surface area contributed by atoms with Gasteiger partial charge in [0.1, 0.15) is 17.3 Å². The normalized spacial score (nSPS) is 14.7. The number of anilines is 1. The van der Waals surface area contributed by atoms with E-state index in [1.54, 1.807) is 30.5 Å². The Bertz CT molecular complexity index is 931. The zero-order chi connectivity index (χ0) is 19.9. The summed E-state index contributed by atoms with van der Waals surface area (Å²) in [7, 11) is 0. The summed E-state index contributed by atoms with van der Waals surface area (Å²) in [5, 5.41) is 3.36. The van der Waals surface area contributed by atoms with Gasteiger partial charge in [-0.2, -0.15) is 0 Å². The maximum Gasteiger partial charge on any atom is 0.180 e. The Hall–Kier alpha value is -2.90. The fourth-order valence-electron chi connectivity index (χ4n) is 3.30. The van der Waals surface area contributed by atoms with E-state index in [1.807, 2.05) is 18.2 Å². The smallest absolute Gasteiger partial charge is 0.180 e. The zero-order valence-electron chi connectivity index (χ0n) is 16.2. The number of hydrogen-bond acceptors (Lipinski definition) is 6. The molecule has 1 N–H and O–H groups in total. The van der Waals surface area contributed by atoms with Gasteiger partial charge in [-0.15, -0.1) is 0 Å². The molecule has 0 atom stereocenters. The lowest BCUT2D eigenvalue weighted by Crippen LogP contribution is -2.37. The van der Waals surface area contributed by atoms with Crippen LogP contribution in [0, 0.1) is 5.82 Å². The van der Waals surface area contributed by atoms with Crippen molar-refractivity contribution in [3.8, 4) is 22.8 Å². The molecule has 0 bridgehead atoms. The van der Waals surface area contributed by atoms with Crippen molar-refractivity contribution in [2.45, 2.75) is 6.42 Å². The van der Waals surface area contributed by atoms with Crippen molar-refractivity contribution in [3.05, 3.63) is 60.5 Å². The van der Waals surface area contributed by atoms with Crippen LogP contribution in [0.25, 0.3) is 22.8 Å². The number of nitrogens with zero attached hydrogens (tertiary/aromatic N) is 4. The van der Waals surface area contributed by atoms with Crippen LogP contribution in [0.5, 0.6) is 0 Å². The Labute approximate surface area is 169 Å². The second-order valence-electron chi connectivity index (χ2n) is 6.89. The first-order chi connectivity index (χ1) is 14.3. The molecule has 1 fully saturated rings. The lowest BCUT2D eigenvalue weighted by atomic mass is 10.1. The quantitative estimate of drug-likeness (QED) is 0.620. The third-order valence-electron chi connectivity index (χ3n) is 4.83. The van der Waals surface area contributed by atoms with Gasteiger partial charge in [0.25, 0.3) is 0 Å². The van der Waals surface area contributed by atoms with E-state index in [1.165, 1.54) is 6.07 Å². The number of benzene rings is 1. The molecule has 2 aromatic heterocycles. The second-order valence-corrected chi connectivity index (χ2v) is 6.89. The van der Waals surface area contributed by atoms with Crippen molar-refractivity contribution in [3.63, 3.8) is 0 Å². The van der Waals surface area contributed by atoms with E-state index in [2.05, 4.69) is 25.2 Å². The van der Waals surface area contributed by atoms with E-state index in [4.69, 9.17) is 4.74 Å². The molecule has 0 radical (unpaired) electrons. The van der Waals surface area contributed by atoms with Crippen molar-refractivity contribution in [2.24, 2.45) is 0 Å². The monoisotopic (exact) mass is 393 g/mol. The minimum absolute atomic E-state index is 0.309. The second kappa shape index (κ2) is 9.54. The third kappa shape index (κ3) is 5.13. The molecule has 4 rings (SSSR count). The van der Waals surface area contributed by atoms with Crippen LogP contribution in [-0.2, 0) is 4.74 Å². The molecule has 0 unspecified atom stereocenters. The van der Waals surface area contributed by atoms with Crippen molar-refractivity contribution >= 4 is 5.82 Å². The maximum absolute atomic E-state index is 14.3. The molecule has 3 heterocycles. The number of hydrogen-bond donors (Lipinski definition) is 1. The van der Waals surface area contributed by atoms with Gasteiger partial charge >= 0.3 is 0 Å². The number of pyridine rings is 1. The number of rotatable bonds is 7. The van der Waals surface area contributed by atoms with Gasteiger partial charge in [-0.1, -0.05) is 18.2 Å². The average molecular weight is 393 g/mol. The van der Waals surface area contributed by atoms with Crippen molar-refractivity contribution in [1.82, 2.24) is 19.9 Å². The van der Waals surface area contributed by atoms with Crippen LogP contribution in [0.4, 0.5) is 10.2 Å². The van der Waals surface area contributed by atoms with Gasteiger partial charge in [0, 0.05) is 37.5 Å². The Balaban J connectivity index is 1.52. The fourth-order valence-corrected chi connectivity index (χ4v) is 3.30. The summed E-state index contributed by atoms with van der Waals surface area (Å²) in [6.45, 7) is 5.35. The summed E-state index contributed by atoms with van der Waals surface area (Å²) in [6.07, 6.45) is 2.68. The molecule has 6 nitrogen and oxygen atoms in total. The van der Waals surface area contributed by atoms with E-state index in [0.29, 0.717) is 28.6 Å². The van der Waals surface area contributed by atoms with E-state index >= 15 is 0 Å². The van der Waals surface area contributed by atoms with Gasteiger partial charge in [0.05, 0.1) is 18.9 Å². The van der Waals surface area contributed by atoms with Crippen LogP contribution < -0.4 is 5.32 Å². The van der Waals surface area contributed by atoms with Gasteiger partial charge in [-0.25, -0.2) is 14.4 Å². The Morgan fingerprint density at radius 2 is 1.83 bits per heavy atom. The molecule has 0 aliphatic carbocycles. The minimum Gasteiger partial charge on any atom is -0.379 e. The van der Waals surface area contributed by atoms with E-state index in [-0.39, 0.29) is 5.82 Å². The van der Waals surface area contributed by atoms with E-state index in [9.17, 15) is 4.39 Å². The zero-order valence-corrected chi connectivity index (χ0v) is 16.2. The third-order valence-corrected chi connectivity index (χ3v) is 4.83. The minimum atomic E-state index is -0.309. The molecule has 3 aromatic rings. The van der Waals surface area contributed by atoms with Crippen molar-refractivity contribution in [1.29, 1.82) is 0 Å². The molecular formula is C22H24FN5O. The van der Waals surface area contributed by atoms with Crippen LogP contribution in [0.3, 0.4) is 0 Å². The van der Waals surface area contributed by atoms with E-state index in [0.717, 1.165) is 45.8 Å². The van der Waals surface area contributed by atoms with Crippen LogP contribution in [0.15, 0.2) is 54.7 Å². The summed E-state index contributed by atoms with van der Waals surface area (Å²) in [5.74, 6) is 0.833. The highest BCUT2D eigenvalue weighted by Crippen LogP contribution is 2.25. The lowest BCUT2D eigenvalue weighted by Gasteiger charge is -2.26. The number of nitrogens with one attached hydrogen (secondary N) is 1. The van der Waals surface area contributed by atoms with Crippen molar-refractivity contribution < 1.29 is 9.13 Å². The molecule has 1 saturated heterocycles. The SMILES string of the molecule is Fc1ccccc1-c1cc(NCCCN2CCOCC2)nc(-c2ccccn2)n1. The molecule has 7 heteroatoms. The molecule has 0 amide bonds. The standard InChI is InChI=1S/C22H24FN5O/c23-18-7-2-1-6-17(18)20-16-21(25-10-5-11-28-12-14-29-15-13-28)27-22(26-20)19-8-3-4-9-24-19/h1-4,6-9,16H,5,10-15H2,(H,25,26,27). The van der Waals surface area contributed by atoms with E-state index < -0.39 is 0 Å². The molecule has 0 saturated carbocycles. The number of ether oxygens (including phenoxy) is 1. The summed E-state index contributed by atoms with van der Waals surface area (Å²) >= 11 is 0. The van der Waals surface area contributed by atoms with Gasteiger partial charge in [-0.05, 0) is 37.2 Å². The summed E-state index contributed by atoms with van der Waals surface area (Å²) in [4.78, 5) is 15.9. The summed E-state index contributed by atoms with van der Waals surface area (Å²) in [6, 6.07) is 14.0. The first kappa shape index (κ1) is 19.4. The molecular weight excluding hydrogens is 369 g/mol. The van der Waals surface area contributed by atoms with Gasteiger partial charge in [0.2, 0.25) is 0 Å².